The molecule has 3 nitrogen and oxygen atoms in total. The Balaban J connectivity index is 4.26. The molecular formula is C11H20N2O. The molecule has 1 unspecified atom stereocenters. The minimum Gasteiger partial charge on any atom is -0.341 e. The first-order valence-corrected chi connectivity index (χ1v) is 5.00. The fourth-order valence-electron chi connectivity index (χ4n) is 1.12. The average molecular weight is 196 g/mol. The number of carbonyl (C=O) groups is 1. The third-order valence-electron chi connectivity index (χ3n) is 2.10. The lowest BCUT2D eigenvalue weighted by Crippen LogP contribution is -2.54. The van der Waals surface area contributed by atoms with E-state index in [9.17, 15) is 4.79 Å². The summed E-state index contributed by atoms with van der Waals surface area (Å²) in [6.45, 7) is 8.36. The van der Waals surface area contributed by atoms with Crippen molar-refractivity contribution < 1.29 is 4.79 Å². The highest BCUT2D eigenvalue weighted by atomic mass is 16.2. The lowest BCUT2D eigenvalue weighted by atomic mass is 10.0. The molecule has 0 saturated carbocycles. The molecule has 1 amide bonds. The summed E-state index contributed by atoms with van der Waals surface area (Å²) in [5.41, 5.74) is -0.557. The lowest BCUT2D eigenvalue weighted by molar-refractivity contribution is -0.126. The normalized spacial score (nSPS) is 13.1. The zero-order chi connectivity index (χ0) is 11.2. The predicted molar refractivity (Wildman–Crippen MR) is 58.8 cm³/mol. The van der Waals surface area contributed by atoms with Gasteiger partial charge in [0.1, 0.15) is 0 Å². The molecule has 0 aromatic rings. The molecular weight excluding hydrogens is 176 g/mol. The zero-order valence-corrected chi connectivity index (χ0v) is 9.48. The SMILES string of the molecule is C#CC(CC)NC(=O)C(C)(C)NCC. The van der Waals surface area contributed by atoms with Gasteiger partial charge in [0, 0.05) is 0 Å². The first-order valence-electron chi connectivity index (χ1n) is 5.00. The summed E-state index contributed by atoms with van der Waals surface area (Å²) in [5, 5.41) is 5.90. The van der Waals surface area contributed by atoms with Gasteiger partial charge in [0.2, 0.25) is 5.91 Å². The van der Waals surface area contributed by atoms with Gasteiger partial charge in [0.15, 0.2) is 0 Å². The van der Waals surface area contributed by atoms with Crippen molar-refractivity contribution in [2.75, 3.05) is 6.54 Å². The fraction of sp³-hybridized carbons (Fsp3) is 0.727. The maximum atomic E-state index is 11.7. The number of rotatable bonds is 5. The van der Waals surface area contributed by atoms with Crippen LogP contribution in [-0.2, 0) is 4.79 Å². The van der Waals surface area contributed by atoms with Crippen LogP contribution in [0.1, 0.15) is 34.1 Å². The third kappa shape index (κ3) is 3.80. The molecule has 0 spiro atoms. The Labute approximate surface area is 86.6 Å². The Morgan fingerprint density at radius 2 is 2.07 bits per heavy atom. The molecule has 0 radical (unpaired) electrons. The molecule has 0 aliphatic rings. The van der Waals surface area contributed by atoms with Crippen LogP contribution in [0.5, 0.6) is 0 Å². The summed E-state index contributed by atoms with van der Waals surface area (Å²) in [4.78, 5) is 11.7. The molecule has 0 bridgehead atoms. The van der Waals surface area contributed by atoms with Crippen LogP contribution in [0.15, 0.2) is 0 Å². The molecule has 0 heterocycles. The number of terminal acetylenes is 1. The van der Waals surface area contributed by atoms with Crippen LogP contribution in [0, 0.1) is 12.3 Å². The van der Waals surface area contributed by atoms with E-state index in [-0.39, 0.29) is 11.9 Å². The van der Waals surface area contributed by atoms with Crippen LogP contribution in [-0.4, -0.2) is 24.0 Å². The molecule has 0 fully saturated rings. The highest BCUT2D eigenvalue weighted by Crippen LogP contribution is 2.02. The quantitative estimate of drug-likeness (QED) is 0.642. The summed E-state index contributed by atoms with van der Waals surface area (Å²) >= 11 is 0. The van der Waals surface area contributed by atoms with Crippen LogP contribution in [0.25, 0.3) is 0 Å². The van der Waals surface area contributed by atoms with Crippen LogP contribution in [0.2, 0.25) is 0 Å². The molecule has 2 N–H and O–H groups in total. The summed E-state index contributed by atoms with van der Waals surface area (Å²) in [6, 6.07) is -0.166. The van der Waals surface area contributed by atoms with Gasteiger partial charge < -0.3 is 10.6 Å². The van der Waals surface area contributed by atoms with Crippen molar-refractivity contribution >= 4 is 5.91 Å². The molecule has 80 valence electrons. The molecule has 0 aromatic carbocycles. The average Bonchev–Trinajstić information content (AvgIpc) is 2.13. The van der Waals surface area contributed by atoms with Gasteiger partial charge in [-0.2, -0.15) is 0 Å². The summed E-state index contributed by atoms with van der Waals surface area (Å²) in [5.74, 6) is 2.49. The Kier molecular flexibility index (Phi) is 5.26. The maximum Gasteiger partial charge on any atom is 0.240 e. The standard InChI is InChI=1S/C11H20N2O/c1-6-9(7-2)13-10(14)11(4,5)12-8-3/h1,9,12H,7-8H2,2-5H3,(H,13,14). The van der Waals surface area contributed by atoms with E-state index in [1.165, 1.54) is 0 Å². The second-order valence-corrected chi connectivity index (χ2v) is 3.76. The highest BCUT2D eigenvalue weighted by molar-refractivity contribution is 5.85. The Morgan fingerprint density at radius 3 is 2.43 bits per heavy atom. The van der Waals surface area contributed by atoms with Crippen LogP contribution in [0.3, 0.4) is 0 Å². The molecule has 3 heteroatoms. The van der Waals surface area contributed by atoms with Gasteiger partial charge in [-0.25, -0.2) is 0 Å². The Morgan fingerprint density at radius 1 is 1.50 bits per heavy atom. The molecule has 0 aromatic heterocycles. The van der Waals surface area contributed by atoms with Gasteiger partial charge in [-0.3, -0.25) is 4.79 Å². The van der Waals surface area contributed by atoms with Gasteiger partial charge in [-0.15, -0.1) is 6.42 Å². The van der Waals surface area contributed by atoms with Crippen molar-refractivity contribution in [2.24, 2.45) is 0 Å². The Bertz CT molecular complexity index is 228. The molecule has 1 atom stereocenters. The van der Waals surface area contributed by atoms with E-state index in [2.05, 4.69) is 16.6 Å². The van der Waals surface area contributed by atoms with Crippen molar-refractivity contribution in [3.8, 4) is 12.3 Å². The van der Waals surface area contributed by atoms with E-state index in [0.717, 1.165) is 13.0 Å². The molecule has 0 saturated heterocycles. The summed E-state index contributed by atoms with van der Waals surface area (Å²) in [6.07, 6.45) is 6.02. The van der Waals surface area contributed by atoms with E-state index in [0.29, 0.717) is 0 Å². The molecule has 14 heavy (non-hydrogen) atoms. The number of hydrogen-bond acceptors (Lipinski definition) is 2. The molecule has 0 rings (SSSR count). The van der Waals surface area contributed by atoms with Gasteiger partial charge in [0.25, 0.3) is 0 Å². The highest BCUT2D eigenvalue weighted by Gasteiger charge is 2.26. The maximum absolute atomic E-state index is 11.7. The van der Waals surface area contributed by atoms with Crippen molar-refractivity contribution in [1.29, 1.82) is 0 Å². The minimum absolute atomic E-state index is 0.0517. The van der Waals surface area contributed by atoms with Crippen molar-refractivity contribution in [3.63, 3.8) is 0 Å². The van der Waals surface area contributed by atoms with E-state index in [1.807, 2.05) is 27.7 Å². The first kappa shape index (κ1) is 13.0. The van der Waals surface area contributed by atoms with E-state index in [1.54, 1.807) is 0 Å². The number of likely N-dealkylation sites (N-methyl/N-ethyl adjacent to an activating group) is 1. The number of hydrogen-bond donors (Lipinski definition) is 2. The largest absolute Gasteiger partial charge is 0.341 e. The van der Waals surface area contributed by atoms with Crippen molar-refractivity contribution in [3.05, 3.63) is 0 Å². The van der Waals surface area contributed by atoms with E-state index < -0.39 is 5.54 Å². The lowest BCUT2D eigenvalue weighted by Gasteiger charge is -2.26. The summed E-state index contributed by atoms with van der Waals surface area (Å²) < 4.78 is 0. The topological polar surface area (TPSA) is 41.1 Å². The monoisotopic (exact) mass is 196 g/mol. The van der Waals surface area contributed by atoms with Crippen molar-refractivity contribution in [2.45, 2.75) is 45.7 Å². The van der Waals surface area contributed by atoms with E-state index in [4.69, 9.17) is 6.42 Å². The van der Waals surface area contributed by atoms with Crippen LogP contribution in [0.4, 0.5) is 0 Å². The third-order valence-corrected chi connectivity index (χ3v) is 2.10. The van der Waals surface area contributed by atoms with Gasteiger partial charge in [-0.05, 0) is 26.8 Å². The molecule has 0 aliphatic heterocycles. The van der Waals surface area contributed by atoms with Gasteiger partial charge in [0.05, 0.1) is 11.6 Å². The van der Waals surface area contributed by atoms with E-state index >= 15 is 0 Å². The predicted octanol–water partition coefficient (Wildman–Crippen LogP) is 0.902. The van der Waals surface area contributed by atoms with Crippen molar-refractivity contribution in [1.82, 2.24) is 10.6 Å². The van der Waals surface area contributed by atoms with Crippen LogP contribution >= 0.6 is 0 Å². The van der Waals surface area contributed by atoms with Crippen LogP contribution < -0.4 is 10.6 Å². The smallest absolute Gasteiger partial charge is 0.240 e. The minimum atomic E-state index is -0.557. The number of amides is 1. The second kappa shape index (κ2) is 5.66. The fourth-order valence-corrected chi connectivity index (χ4v) is 1.12. The zero-order valence-electron chi connectivity index (χ0n) is 9.48. The second-order valence-electron chi connectivity index (χ2n) is 3.76. The van der Waals surface area contributed by atoms with Gasteiger partial charge >= 0.3 is 0 Å². The first-order chi connectivity index (χ1) is 6.47. The van der Waals surface area contributed by atoms with Gasteiger partial charge in [-0.1, -0.05) is 19.8 Å². The summed E-state index contributed by atoms with van der Waals surface area (Å²) in [7, 11) is 0. The number of nitrogens with one attached hydrogen (secondary N) is 2. The number of carbonyl (C=O) groups excluding carboxylic acids is 1. The Hall–Kier alpha value is -1.01. The molecule has 0 aliphatic carbocycles.